The average Bonchev–Trinajstić information content (AvgIpc) is 3.08. The Labute approximate surface area is 174 Å². The van der Waals surface area contributed by atoms with Crippen molar-refractivity contribution in [2.24, 2.45) is 23.2 Å². The maximum atomic E-state index is 13.2. The van der Waals surface area contributed by atoms with Crippen molar-refractivity contribution in [2.75, 3.05) is 19.6 Å². The van der Waals surface area contributed by atoms with Gasteiger partial charge >= 0.3 is 0 Å². The van der Waals surface area contributed by atoms with Crippen LogP contribution in [0.4, 0.5) is 0 Å². The van der Waals surface area contributed by atoms with Crippen molar-refractivity contribution in [3.8, 4) is 0 Å². The van der Waals surface area contributed by atoms with Crippen molar-refractivity contribution < 1.29 is 9.90 Å². The number of hydrogen-bond acceptors (Lipinski definition) is 3. The molecule has 1 amide bonds. The van der Waals surface area contributed by atoms with Gasteiger partial charge in [-0.15, -0.1) is 12.4 Å². The third-order valence-corrected chi connectivity index (χ3v) is 7.74. The van der Waals surface area contributed by atoms with Gasteiger partial charge < -0.3 is 10.4 Å². The molecule has 0 unspecified atom stereocenters. The van der Waals surface area contributed by atoms with Gasteiger partial charge in [0.1, 0.15) is 0 Å². The number of carbonyl (C=O) groups is 1. The Morgan fingerprint density at radius 2 is 1.71 bits per heavy atom. The van der Waals surface area contributed by atoms with Crippen LogP contribution < -0.4 is 5.32 Å². The first kappa shape index (κ1) is 20.2. The van der Waals surface area contributed by atoms with Gasteiger partial charge in [-0.25, -0.2) is 0 Å². The van der Waals surface area contributed by atoms with Gasteiger partial charge in [0, 0.05) is 31.1 Å². The van der Waals surface area contributed by atoms with Crippen LogP contribution in [0, 0.1) is 23.2 Å². The molecule has 4 saturated carbocycles. The molecule has 6 rings (SSSR count). The van der Waals surface area contributed by atoms with Gasteiger partial charge in [-0.2, -0.15) is 0 Å². The molecule has 0 aromatic heterocycles. The van der Waals surface area contributed by atoms with E-state index >= 15 is 0 Å². The minimum atomic E-state index is -0.455. The van der Waals surface area contributed by atoms with E-state index in [1.165, 1.54) is 19.3 Å². The largest absolute Gasteiger partial charge is 0.387 e. The van der Waals surface area contributed by atoms with Crippen LogP contribution in [0.2, 0.25) is 0 Å². The van der Waals surface area contributed by atoms with E-state index < -0.39 is 6.10 Å². The summed E-state index contributed by atoms with van der Waals surface area (Å²) in [6.07, 6.45) is 8.07. The lowest BCUT2D eigenvalue weighted by molar-refractivity contribution is -0.146. The van der Waals surface area contributed by atoms with E-state index in [4.69, 9.17) is 0 Å². The van der Waals surface area contributed by atoms with Gasteiger partial charge in [-0.3, -0.25) is 9.69 Å². The normalized spacial score (nSPS) is 37.5. The van der Waals surface area contributed by atoms with E-state index in [1.54, 1.807) is 0 Å². The molecular formula is C23H33ClN2O2. The first-order valence-electron chi connectivity index (χ1n) is 10.9. The highest BCUT2D eigenvalue weighted by molar-refractivity contribution is 5.85. The van der Waals surface area contributed by atoms with Crippen LogP contribution in [-0.4, -0.2) is 41.6 Å². The maximum Gasteiger partial charge on any atom is 0.226 e. The fourth-order valence-corrected chi connectivity index (χ4v) is 6.87. The van der Waals surface area contributed by atoms with E-state index in [-0.39, 0.29) is 23.9 Å². The van der Waals surface area contributed by atoms with Crippen LogP contribution in [0.1, 0.15) is 56.6 Å². The van der Waals surface area contributed by atoms with Gasteiger partial charge in [-0.1, -0.05) is 30.3 Å². The highest BCUT2D eigenvalue weighted by atomic mass is 35.5. The number of nitrogens with one attached hydrogen (secondary N) is 1. The Hall–Kier alpha value is -1.10. The molecule has 5 aliphatic rings. The molecule has 4 nitrogen and oxygen atoms in total. The number of hydrogen-bond donors (Lipinski definition) is 2. The maximum absolute atomic E-state index is 13.2. The molecule has 28 heavy (non-hydrogen) atoms. The van der Waals surface area contributed by atoms with E-state index in [1.807, 2.05) is 30.3 Å². The highest BCUT2D eigenvalue weighted by Crippen LogP contribution is 2.60. The SMILES string of the molecule is Cl.O=C(N[C@H]1CCN(C[C@H](O)c2ccccc2)C1)C12CC3CC(CC(C3)C1)C2. The minimum Gasteiger partial charge on any atom is -0.387 e. The predicted molar refractivity (Wildman–Crippen MR) is 112 cm³/mol. The summed E-state index contributed by atoms with van der Waals surface area (Å²) in [4.78, 5) is 15.5. The van der Waals surface area contributed by atoms with Crippen LogP contribution in [0.15, 0.2) is 30.3 Å². The quantitative estimate of drug-likeness (QED) is 0.789. The summed E-state index contributed by atoms with van der Waals surface area (Å²) in [5, 5.41) is 13.9. The molecule has 2 atom stereocenters. The lowest BCUT2D eigenvalue weighted by atomic mass is 9.49. The summed E-state index contributed by atoms with van der Waals surface area (Å²) in [5.41, 5.74) is 0.921. The summed E-state index contributed by atoms with van der Waals surface area (Å²) in [7, 11) is 0. The first-order valence-corrected chi connectivity index (χ1v) is 10.9. The fraction of sp³-hybridized carbons (Fsp3) is 0.696. The second kappa shape index (κ2) is 7.97. The fourth-order valence-electron chi connectivity index (χ4n) is 6.87. The molecule has 5 heteroatoms. The van der Waals surface area contributed by atoms with E-state index in [2.05, 4.69) is 10.2 Å². The number of β-amino-alcohol motifs (C(OH)–C–C–N with tert-alkyl or cyclic N) is 1. The number of benzene rings is 1. The van der Waals surface area contributed by atoms with Crippen molar-refractivity contribution in [3.05, 3.63) is 35.9 Å². The second-order valence-corrected chi connectivity index (χ2v) is 9.84. The molecule has 2 N–H and O–H groups in total. The predicted octanol–water partition coefficient (Wildman–Crippen LogP) is 3.55. The van der Waals surface area contributed by atoms with Crippen LogP contribution in [0.3, 0.4) is 0 Å². The highest BCUT2D eigenvalue weighted by Gasteiger charge is 2.54. The monoisotopic (exact) mass is 404 g/mol. The number of carbonyl (C=O) groups excluding carboxylic acids is 1. The zero-order chi connectivity index (χ0) is 18.4. The van der Waals surface area contributed by atoms with Crippen molar-refractivity contribution in [1.82, 2.24) is 10.2 Å². The van der Waals surface area contributed by atoms with E-state index in [0.29, 0.717) is 12.5 Å². The Morgan fingerprint density at radius 1 is 1.11 bits per heavy atom. The van der Waals surface area contributed by atoms with Crippen molar-refractivity contribution >= 4 is 18.3 Å². The van der Waals surface area contributed by atoms with Crippen LogP contribution >= 0.6 is 12.4 Å². The summed E-state index contributed by atoms with van der Waals surface area (Å²) in [6, 6.07) is 10.1. The molecule has 1 aliphatic heterocycles. The summed E-state index contributed by atoms with van der Waals surface area (Å²) in [5.74, 6) is 2.77. The van der Waals surface area contributed by atoms with Crippen LogP contribution in [0.25, 0.3) is 0 Å². The van der Waals surface area contributed by atoms with Crippen LogP contribution in [0.5, 0.6) is 0 Å². The molecule has 4 bridgehead atoms. The Balaban J connectivity index is 0.00000192. The molecule has 1 aromatic rings. The number of amides is 1. The third kappa shape index (κ3) is 3.83. The third-order valence-electron chi connectivity index (χ3n) is 7.74. The Morgan fingerprint density at radius 3 is 2.32 bits per heavy atom. The zero-order valence-electron chi connectivity index (χ0n) is 16.6. The average molecular weight is 405 g/mol. The molecule has 4 aliphatic carbocycles. The Kier molecular flexibility index (Phi) is 5.74. The lowest BCUT2D eigenvalue weighted by Crippen LogP contribution is -2.55. The number of aliphatic hydroxyl groups is 1. The van der Waals surface area contributed by atoms with Crippen molar-refractivity contribution in [1.29, 1.82) is 0 Å². The minimum absolute atomic E-state index is 0. The number of nitrogens with zero attached hydrogens (tertiary/aromatic N) is 1. The summed E-state index contributed by atoms with van der Waals surface area (Å²) < 4.78 is 0. The standard InChI is InChI=1S/C23H32N2O2.ClH/c26-21(19-4-2-1-3-5-19)15-25-7-6-20(14-25)24-22(27)23-11-16-8-17(12-23)10-18(9-16)13-23;/h1-5,16-18,20-21,26H,6-15H2,(H,24,27);1H/t16?,17?,18?,20-,21-,23?;/m0./s1. The van der Waals surface area contributed by atoms with Crippen LogP contribution in [-0.2, 0) is 4.79 Å². The molecule has 1 heterocycles. The van der Waals surface area contributed by atoms with E-state index in [9.17, 15) is 9.90 Å². The molecule has 5 fully saturated rings. The smallest absolute Gasteiger partial charge is 0.226 e. The van der Waals surface area contributed by atoms with Gasteiger partial charge in [0.15, 0.2) is 0 Å². The molecule has 1 aromatic carbocycles. The summed E-state index contributed by atoms with van der Waals surface area (Å²) >= 11 is 0. The zero-order valence-corrected chi connectivity index (χ0v) is 17.4. The topological polar surface area (TPSA) is 52.6 Å². The molecule has 1 saturated heterocycles. The second-order valence-electron chi connectivity index (χ2n) is 9.84. The Bertz CT molecular complexity index is 660. The first-order chi connectivity index (χ1) is 13.1. The van der Waals surface area contributed by atoms with Crippen molar-refractivity contribution in [2.45, 2.75) is 57.1 Å². The van der Waals surface area contributed by atoms with Crippen molar-refractivity contribution in [3.63, 3.8) is 0 Å². The molecule has 154 valence electrons. The number of halogens is 1. The van der Waals surface area contributed by atoms with E-state index in [0.717, 1.165) is 62.1 Å². The number of likely N-dealkylation sites (tertiary alicyclic amines) is 1. The van der Waals surface area contributed by atoms with Gasteiger partial charge in [0.05, 0.1) is 6.10 Å². The number of aliphatic hydroxyl groups excluding tert-OH is 1. The van der Waals surface area contributed by atoms with Gasteiger partial charge in [-0.05, 0) is 68.3 Å². The van der Waals surface area contributed by atoms with Gasteiger partial charge in [0.2, 0.25) is 5.91 Å². The van der Waals surface area contributed by atoms with Gasteiger partial charge in [0.25, 0.3) is 0 Å². The number of rotatable bonds is 5. The molecular weight excluding hydrogens is 372 g/mol. The lowest BCUT2D eigenvalue weighted by Gasteiger charge is -2.55. The summed E-state index contributed by atoms with van der Waals surface area (Å²) in [6.45, 7) is 2.46. The molecule has 0 radical (unpaired) electrons. The molecule has 0 spiro atoms.